The monoisotopic (exact) mass is 385 g/mol. The number of rotatable bonds is 6. The Labute approximate surface area is 166 Å². The zero-order valence-electron chi connectivity index (χ0n) is 17.4. The van der Waals surface area contributed by atoms with Crippen LogP contribution in [0.4, 0.5) is 0 Å². The van der Waals surface area contributed by atoms with Crippen molar-refractivity contribution in [3.63, 3.8) is 0 Å². The van der Waals surface area contributed by atoms with Crippen LogP contribution in [0.5, 0.6) is 0 Å². The summed E-state index contributed by atoms with van der Waals surface area (Å²) in [5, 5.41) is 5.69. The maximum absolute atomic E-state index is 13.3. The molecule has 0 saturated carbocycles. The van der Waals surface area contributed by atoms with Gasteiger partial charge in [-0.1, -0.05) is 32.0 Å². The van der Waals surface area contributed by atoms with Gasteiger partial charge in [-0.3, -0.25) is 14.5 Å². The van der Waals surface area contributed by atoms with Crippen LogP contribution in [-0.2, 0) is 6.54 Å². The van der Waals surface area contributed by atoms with E-state index in [0.717, 1.165) is 26.2 Å². The van der Waals surface area contributed by atoms with Gasteiger partial charge >= 0.3 is 0 Å². The lowest BCUT2D eigenvalue weighted by molar-refractivity contribution is 0.0623. The Balaban J connectivity index is 1.84. The molecule has 3 rings (SSSR count). The van der Waals surface area contributed by atoms with E-state index in [9.17, 15) is 9.59 Å². The van der Waals surface area contributed by atoms with Gasteiger partial charge in [0.15, 0.2) is 5.69 Å². The first kappa shape index (κ1) is 20.5. The standard InChI is InChI=1S/C21H31N5O2/c1-16(2)15-26-20(27)18-8-6-5-7-17(18)19(22-26)21(28)25-13-11-24(12-14-25)10-9-23(3)4/h5-8,16H,9-15H2,1-4H3. The molecule has 0 spiro atoms. The Hall–Kier alpha value is -2.25. The third-order valence-corrected chi connectivity index (χ3v) is 5.13. The second-order valence-electron chi connectivity index (χ2n) is 8.21. The number of nitrogens with zero attached hydrogens (tertiary/aromatic N) is 5. The highest BCUT2D eigenvalue weighted by Crippen LogP contribution is 2.17. The molecule has 0 unspecified atom stereocenters. The van der Waals surface area contributed by atoms with Crippen molar-refractivity contribution in [3.8, 4) is 0 Å². The fraction of sp³-hybridized carbons (Fsp3) is 0.571. The third-order valence-electron chi connectivity index (χ3n) is 5.13. The zero-order valence-corrected chi connectivity index (χ0v) is 17.4. The number of likely N-dealkylation sites (N-methyl/N-ethyl adjacent to an activating group) is 1. The first-order chi connectivity index (χ1) is 13.4. The van der Waals surface area contributed by atoms with Crippen LogP contribution in [-0.4, -0.2) is 83.8 Å². The molecule has 0 bridgehead atoms. The molecule has 1 aromatic carbocycles. The van der Waals surface area contributed by atoms with Gasteiger partial charge in [-0.2, -0.15) is 5.10 Å². The van der Waals surface area contributed by atoms with Crippen LogP contribution in [0, 0.1) is 5.92 Å². The Morgan fingerprint density at radius 2 is 1.75 bits per heavy atom. The first-order valence-corrected chi connectivity index (χ1v) is 10.0. The number of carbonyl (C=O) groups is 1. The third kappa shape index (κ3) is 4.59. The van der Waals surface area contributed by atoms with E-state index in [1.54, 1.807) is 6.07 Å². The van der Waals surface area contributed by atoms with Gasteiger partial charge in [-0.15, -0.1) is 0 Å². The molecule has 1 aromatic heterocycles. The Bertz CT molecular complexity index is 882. The minimum atomic E-state index is -0.130. The average molecular weight is 386 g/mol. The Morgan fingerprint density at radius 1 is 1.11 bits per heavy atom. The van der Waals surface area contributed by atoms with Gasteiger partial charge in [-0.05, 0) is 26.1 Å². The number of hydrogen-bond acceptors (Lipinski definition) is 5. The van der Waals surface area contributed by atoms with Crippen molar-refractivity contribution in [3.05, 3.63) is 40.3 Å². The predicted octanol–water partition coefficient (Wildman–Crippen LogP) is 1.37. The number of benzene rings is 1. The van der Waals surface area contributed by atoms with Gasteiger partial charge in [0.2, 0.25) is 0 Å². The van der Waals surface area contributed by atoms with Gasteiger partial charge in [0.25, 0.3) is 11.5 Å². The topological polar surface area (TPSA) is 61.7 Å². The largest absolute Gasteiger partial charge is 0.335 e. The molecule has 0 atom stereocenters. The summed E-state index contributed by atoms with van der Waals surface area (Å²) < 4.78 is 1.45. The van der Waals surface area contributed by atoms with Crippen LogP contribution in [0.25, 0.3) is 10.8 Å². The minimum Gasteiger partial charge on any atom is -0.335 e. The summed E-state index contributed by atoms with van der Waals surface area (Å²) in [7, 11) is 4.14. The molecule has 1 aliphatic rings. The van der Waals surface area contributed by atoms with Crippen molar-refractivity contribution in [2.75, 3.05) is 53.4 Å². The van der Waals surface area contributed by atoms with Gasteiger partial charge in [0.1, 0.15) is 0 Å². The summed E-state index contributed by atoms with van der Waals surface area (Å²) in [6.07, 6.45) is 0. The lowest BCUT2D eigenvalue weighted by Crippen LogP contribution is -2.50. The number of carbonyl (C=O) groups excluding carboxylic acids is 1. The van der Waals surface area contributed by atoms with Crippen LogP contribution in [0.1, 0.15) is 24.3 Å². The van der Waals surface area contributed by atoms with E-state index < -0.39 is 0 Å². The summed E-state index contributed by atoms with van der Waals surface area (Å²) in [5.74, 6) is 0.190. The van der Waals surface area contributed by atoms with Crippen molar-refractivity contribution in [2.24, 2.45) is 5.92 Å². The molecule has 2 aromatic rings. The van der Waals surface area contributed by atoms with Gasteiger partial charge < -0.3 is 9.80 Å². The molecule has 28 heavy (non-hydrogen) atoms. The first-order valence-electron chi connectivity index (χ1n) is 10.0. The summed E-state index contributed by atoms with van der Waals surface area (Å²) in [6, 6.07) is 7.30. The molecule has 7 heteroatoms. The molecule has 152 valence electrons. The molecule has 2 heterocycles. The van der Waals surface area contributed by atoms with E-state index in [1.807, 2.05) is 36.9 Å². The van der Waals surface area contributed by atoms with E-state index >= 15 is 0 Å². The van der Waals surface area contributed by atoms with Crippen LogP contribution in [0.3, 0.4) is 0 Å². The molecule has 0 radical (unpaired) electrons. The fourth-order valence-corrected chi connectivity index (χ4v) is 3.53. The van der Waals surface area contributed by atoms with Crippen LogP contribution < -0.4 is 5.56 Å². The predicted molar refractivity (Wildman–Crippen MR) is 112 cm³/mol. The normalized spacial score (nSPS) is 15.7. The number of fused-ring (bicyclic) bond motifs is 1. The molecule has 1 aliphatic heterocycles. The molecule has 1 fully saturated rings. The summed E-state index contributed by atoms with van der Waals surface area (Å²) >= 11 is 0. The van der Waals surface area contributed by atoms with E-state index in [2.05, 4.69) is 29.0 Å². The van der Waals surface area contributed by atoms with Crippen molar-refractivity contribution in [1.82, 2.24) is 24.5 Å². The SMILES string of the molecule is CC(C)Cn1nc(C(=O)N2CCN(CCN(C)C)CC2)c2ccccc2c1=O. The summed E-state index contributed by atoms with van der Waals surface area (Å²) in [6.45, 7) is 9.71. The average Bonchev–Trinajstić information content (AvgIpc) is 2.68. The molecule has 0 N–H and O–H groups in total. The van der Waals surface area contributed by atoms with E-state index in [0.29, 0.717) is 36.1 Å². The Kier molecular flexibility index (Phi) is 6.46. The van der Waals surface area contributed by atoms with Crippen LogP contribution in [0.15, 0.2) is 29.1 Å². The van der Waals surface area contributed by atoms with Crippen molar-refractivity contribution in [2.45, 2.75) is 20.4 Å². The smallest absolute Gasteiger partial charge is 0.275 e. The van der Waals surface area contributed by atoms with Crippen LogP contribution >= 0.6 is 0 Å². The number of piperazine rings is 1. The van der Waals surface area contributed by atoms with E-state index in [1.165, 1.54) is 4.68 Å². The lowest BCUT2D eigenvalue weighted by atomic mass is 10.1. The highest BCUT2D eigenvalue weighted by Gasteiger charge is 2.25. The molecule has 0 aliphatic carbocycles. The van der Waals surface area contributed by atoms with Crippen LogP contribution in [0.2, 0.25) is 0 Å². The van der Waals surface area contributed by atoms with E-state index in [4.69, 9.17) is 0 Å². The second-order valence-corrected chi connectivity index (χ2v) is 8.21. The van der Waals surface area contributed by atoms with Gasteiger partial charge in [0, 0.05) is 51.2 Å². The van der Waals surface area contributed by atoms with Crippen molar-refractivity contribution < 1.29 is 4.79 Å². The molecule has 1 saturated heterocycles. The summed E-state index contributed by atoms with van der Waals surface area (Å²) in [4.78, 5) is 32.4. The fourth-order valence-electron chi connectivity index (χ4n) is 3.53. The number of hydrogen-bond donors (Lipinski definition) is 0. The Morgan fingerprint density at radius 3 is 2.36 bits per heavy atom. The number of aromatic nitrogens is 2. The van der Waals surface area contributed by atoms with Gasteiger partial charge in [0.05, 0.1) is 5.39 Å². The molecule has 1 amide bonds. The molecular formula is C21H31N5O2. The maximum atomic E-state index is 13.3. The quantitative estimate of drug-likeness (QED) is 0.752. The minimum absolute atomic E-state index is 0.0824. The second kappa shape index (κ2) is 8.84. The van der Waals surface area contributed by atoms with Crippen molar-refractivity contribution >= 4 is 16.7 Å². The van der Waals surface area contributed by atoms with Gasteiger partial charge in [-0.25, -0.2) is 4.68 Å². The summed E-state index contributed by atoms with van der Waals surface area (Å²) in [5.41, 5.74) is 0.256. The zero-order chi connectivity index (χ0) is 20.3. The molecular weight excluding hydrogens is 354 g/mol. The molecule has 7 nitrogen and oxygen atoms in total. The van der Waals surface area contributed by atoms with Crippen molar-refractivity contribution in [1.29, 1.82) is 0 Å². The van der Waals surface area contributed by atoms with E-state index in [-0.39, 0.29) is 17.4 Å². The highest BCUT2D eigenvalue weighted by molar-refractivity contribution is 6.04. The maximum Gasteiger partial charge on any atom is 0.275 e. The lowest BCUT2D eigenvalue weighted by Gasteiger charge is -2.35. The highest BCUT2D eigenvalue weighted by atomic mass is 16.2. The number of amides is 1.